The van der Waals surface area contributed by atoms with Gasteiger partial charge in [-0.05, 0) is 30.3 Å². The number of likely N-dealkylation sites (tertiary alicyclic amines) is 2. The molecule has 4 aliphatic rings. The van der Waals surface area contributed by atoms with Crippen LogP contribution in [0.25, 0.3) is 16.6 Å². The van der Waals surface area contributed by atoms with Crippen molar-refractivity contribution in [3.8, 4) is 28.7 Å². The number of para-hydroxylation sites is 1. The summed E-state index contributed by atoms with van der Waals surface area (Å²) in [7, 11) is 1.66. The number of aromatic nitrogens is 3. The molecule has 0 radical (unpaired) electrons. The molecule has 0 bridgehead atoms. The van der Waals surface area contributed by atoms with E-state index >= 15 is 0 Å². The van der Waals surface area contributed by atoms with Crippen molar-refractivity contribution in [2.75, 3.05) is 77.6 Å². The van der Waals surface area contributed by atoms with Crippen LogP contribution in [-0.4, -0.2) is 104 Å². The molecule has 0 unspecified atom stereocenters. The Labute approximate surface area is 256 Å². The van der Waals surface area contributed by atoms with Crippen LogP contribution in [0.15, 0.2) is 67.1 Å². The number of carbonyl (C=O) groups excluding carboxylic acids is 1. The van der Waals surface area contributed by atoms with Crippen molar-refractivity contribution in [1.29, 1.82) is 5.26 Å². The second kappa shape index (κ2) is 11.4. The first kappa shape index (κ1) is 28.1. The lowest BCUT2D eigenvalue weighted by Gasteiger charge is -2.59. The summed E-state index contributed by atoms with van der Waals surface area (Å²) in [6.07, 6.45) is 6.20. The molecule has 4 aromatic rings. The van der Waals surface area contributed by atoms with Gasteiger partial charge in [-0.15, -0.1) is 0 Å². The average molecular weight is 594 g/mol. The number of nitrogens with zero attached hydrogens (tertiary/aromatic N) is 7. The second-order valence-electron chi connectivity index (χ2n) is 12.4. The van der Waals surface area contributed by atoms with E-state index in [-0.39, 0.29) is 5.41 Å². The largest absolute Gasteiger partial charge is 0.497 e. The van der Waals surface area contributed by atoms with E-state index in [1.165, 1.54) is 0 Å². The van der Waals surface area contributed by atoms with E-state index in [0.717, 1.165) is 93.6 Å². The number of amides is 1. The van der Waals surface area contributed by atoms with Crippen LogP contribution in [0.3, 0.4) is 0 Å². The first-order valence-electron chi connectivity index (χ1n) is 14.9. The number of ether oxygens (including phenoxy) is 3. The number of carbonyl (C=O) groups is 1. The maximum atomic E-state index is 10.9. The van der Waals surface area contributed by atoms with E-state index in [1.54, 1.807) is 17.8 Å². The summed E-state index contributed by atoms with van der Waals surface area (Å²) in [4.78, 5) is 22.1. The van der Waals surface area contributed by atoms with Crippen molar-refractivity contribution in [2.45, 2.75) is 0 Å². The van der Waals surface area contributed by atoms with Crippen LogP contribution < -0.4 is 14.4 Å². The highest BCUT2D eigenvalue weighted by Crippen LogP contribution is 2.41. The van der Waals surface area contributed by atoms with Gasteiger partial charge in [0.05, 0.1) is 43.8 Å². The third-order valence-corrected chi connectivity index (χ3v) is 8.96. The molecule has 0 saturated carbocycles. The van der Waals surface area contributed by atoms with Crippen molar-refractivity contribution in [3.63, 3.8) is 0 Å². The Kier molecular flexibility index (Phi) is 7.32. The third kappa shape index (κ3) is 5.31. The van der Waals surface area contributed by atoms with Crippen LogP contribution in [0.2, 0.25) is 0 Å². The maximum absolute atomic E-state index is 10.9. The summed E-state index contributed by atoms with van der Waals surface area (Å²) in [6.45, 7) is 8.90. The van der Waals surface area contributed by atoms with Crippen molar-refractivity contribution in [1.82, 2.24) is 24.4 Å². The molecule has 7 heterocycles. The fourth-order valence-electron chi connectivity index (χ4n) is 6.71. The third-order valence-electron chi connectivity index (χ3n) is 8.96. The van der Waals surface area contributed by atoms with Gasteiger partial charge in [-0.2, -0.15) is 10.4 Å². The zero-order chi connectivity index (χ0) is 30.1. The number of benzene rings is 1. The monoisotopic (exact) mass is 593 g/mol. The van der Waals surface area contributed by atoms with Gasteiger partial charge in [0.15, 0.2) is 0 Å². The predicted molar refractivity (Wildman–Crippen MR) is 164 cm³/mol. The van der Waals surface area contributed by atoms with Crippen LogP contribution in [-0.2, 0) is 9.53 Å². The van der Waals surface area contributed by atoms with Crippen molar-refractivity contribution < 1.29 is 19.0 Å². The van der Waals surface area contributed by atoms with E-state index in [0.29, 0.717) is 23.3 Å². The number of pyridine rings is 2. The van der Waals surface area contributed by atoms with Gasteiger partial charge < -0.3 is 24.0 Å². The summed E-state index contributed by atoms with van der Waals surface area (Å²) in [5.74, 6) is 2.55. The number of hydrogen-bond donors (Lipinski definition) is 0. The minimum Gasteiger partial charge on any atom is -0.497 e. The number of fused-ring (bicyclic) bond motifs is 1. The molecule has 8 rings (SSSR count). The standard InChI is InChI=1S/C26H27N7O3.C7H8O/c27-6-20-8-29-33-9-21(36-4-3-30-12-26(13-30)16-35-17-26)5-22(24(20)33)19-1-2-23(28-7-19)32-14-25(15-32)10-31(11-25)18-34;1-8-7-5-3-2-4-6-7/h1-2,5,7-9,18H,3-4,10-17H2;2-6H,1H3. The van der Waals surface area contributed by atoms with E-state index in [9.17, 15) is 10.1 Å². The fraction of sp³-hybridized carbons (Fsp3) is 0.394. The van der Waals surface area contributed by atoms with Gasteiger partial charge in [0.1, 0.15) is 30.0 Å². The Bertz CT molecular complexity index is 1660. The van der Waals surface area contributed by atoms with Gasteiger partial charge >= 0.3 is 0 Å². The van der Waals surface area contributed by atoms with Crippen LogP contribution in [0.1, 0.15) is 5.56 Å². The minimum absolute atomic E-state index is 0.237. The molecule has 0 atom stereocenters. The molecule has 226 valence electrons. The Morgan fingerprint density at radius 1 is 1.00 bits per heavy atom. The van der Waals surface area contributed by atoms with Crippen LogP contribution in [0, 0.1) is 22.2 Å². The summed E-state index contributed by atoms with van der Waals surface area (Å²) in [5, 5.41) is 14.0. The van der Waals surface area contributed by atoms with Crippen molar-refractivity contribution in [2.24, 2.45) is 10.8 Å². The molecular formula is C33H35N7O4. The molecule has 44 heavy (non-hydrogen) atoms. The molecule has 4 saturated heterocycles. The number of methoxy groups -OCH3 is 1. The summed E-state index contributed by atoms with van der Waals surface area (Å²) in [5.41, 5.74) is 3.69. The first-order valence-corrected chi connectivity index (χ1v) is 14.9. The first-order chi connectivity index (χ1) is 21.5. The summed E-state index contributed by atoms with van der Waals surface area (Å²) < 4.78 is 18.1. The molecule has 1 aromatic carbocycles. The molecule has 3 aromatic heterocycles. The Balaban J connectivity index is 0.000000342. The van der Waals surface area contributed by atoms with Gasteiger partial charge in [-0.1, -0.05) is 18.2 Å². The van der Waals surface area contributed by atoms with Gasteiger partial charge in [0, 0.05) is 74.0 Å². The second-order valence-corrected chi connectivity index (χ2v) is 12.4. The Morgan fingerprint density at radius 2 is 1.80 bits per heavy atom. The Morgan fingerprint density at radius 3 is 2.41 bits per heavy atom. The molecule has 11 nitrogen and oxygen atoms in total. The van der Waals surface area contributed by atoms with Crippen LogP contribution in [0.5, 0.6) is 11.5 Å². The SMILES string of the molecule is COc1ccccc1.N#Cc1cnn2cc(OCCN3CC4(COC4)C3)cc(-c3ccc(N4CC5(CN(C=O)C5)C4)nc3)c12. The quantitative estimate of drug-likeness (QED) is 0.285. The zero-order valence-corrected chi connectivity index (χ0v) is 24.8. The summed E-state index contributed by atoms with van der Waals surface area (Å²) in [6, 6.07) is 18.0. The fourth-order valence-corrected chi connectivity index (χ4v) is 6.71. The van der Waals surface area contributed by atoms with Crippen LogP contribution in [0.4, 0.5) is 5.82 Å². The van der Waals surface area contributed by atoms with Gasteiger partial charge in [-0.3, -0.25) is 9.69 Å². The topological polar surface area (TPSA) is 108 Å². The maximum Gasteiger partial charge on any atom is 0.209 e. The Hall–Kier alpha value is -4.66. The number of nitriles is 1. The number of rotatable bonds is 8. The van der Waals surface area contributed by atoms with E-state index in [4.69, 9.17) is 19.2 Å². The molecule has 4 aliphatic heterocycles. The lowest BCUT2D eigenvalue weighted by Crippen LogP contribution is -2.72. The highest BCUT2D eigenvalue weighted by atomic mass is 16.5. The molecule has 2 spiro atoms. The van der Waals surface area contributed by atoms with Gasteiger partial charge in [0.25, 0.3) is 0 Å². The summed E-state index contributed by atoms with van der Waals surface area (Å²) >= 11 is 0. The van der Waals surface area contributed by atoms with Gasteiger partial charge in [0.2, 0.25) is 6.41 Å². The molecule has 11 heteroatoms. The lowest BCUT2D eigenvalue weighted by molar-refractivity contribution is -0.189. The zero-order valence-electron chi connectivity index (χ0n) is 24.8. The lowest BCUT2D eigenvalue weighted by atomic mass is 9.73. The van der Waals surface area contributed by atoms with Crippen molar-refractivity contribution >= 4 is 17.7 Å². The normalized spacial score (nSPS) is 19.1. The molecule has 1 amide bonds. The minimum atomic E-state index is 0.237. The smallest absolute Gasteiger partial charge is 0.209 e. The number of hydrogen-bond acceptors (Lipinski definition) is 9. The highest BCUT2D eigenvalue weighted by molar-refractivity contribution is 5.85. The van der Waals surface area contributed by atoms with E-state index in [1.807, 2.05) is 65.8 Å². The van der Waals surface area contributed by atoms with Crippen LogP contribution >= 0.6 is 0 Å². The molecule has 4 fully saturated rings. The molecule has 0 aliphatic carbocycles. The molecule has 0 N–H and O–H groups in total. The molecular weight excluding hydrogens is 558 g/mol. The highest BCUT2D eigenvalue weighted by Gasteiger charge is 2.52. The average Bonchev–Trinajstić information content (AvgIpc) is 3.40. The van der Waals surface area contributed by atoms with E-state index < -0.39 is 0 Å². The number of anilines is 1. The van der Waals surface area contributed by atoms with E-state index in [2.05, 4.69) is 21.0 Å². The van der Waals surface area contributed by atoms with Gasteiger partial charge in [-0.25, -0.2) is 9.50 Å². The predicted octanol–water partition coefficient (Wildman–Crippen LogP) is 2.95. The van der Waals surface area contributed by atoms with Crippen molar-refractivity contribution in [3.05, 3.63) is 72.7 Å².